The molecule has 0 aliphatic rings. The maximum atomic E-state index is 11.8. The summed E-state index contributed by atoms with van der Waals surface area (Å²) in [4.78, 5) is 25.8. The number of aryl methyl sites for hydroxylation is 1. The second-order valence-electron chi connectivity index (χ2n) is 3.97. The van der Waals surface area contributed by atoms with Crippen LogP contribution in [0.15, 0.2) is 28.9 Å². The summed E-state index contributed by atoms with van der Waals surface area (Å²) in [6, 6.07) is 4.69. The highest BCUT2D eigenvalue weighted by molar-refractivity contribution is 9.10. The molecule has 0 aromatic carbocycles. The number of carbonyl (C=O) groups is 1. The van der Waals surface area contributed by atoms with Gasteiger partial charge in [0.25, 0.3) is 0 Å². The van der Waals surface area contributed by atoms with Crippen LogP contribution in [0.25, 0.3) is 0 Å². The van der Waals surface area contributed by atoms with Gasteiger partial charge >= 0.3 is 5.82 Å². The first kappa shape index (κ1) is 14.1. The highest BCUT2D eigenvalue weighted by atomic mass is 79.9. The van der Waals surface area contributed by atoms with E-state index in [0.29, 0.717) is 11.5 Å². The molecule has 0 saturated heterocycles. The Morgan fingerprint density at radius 3 is 2.85 bits per heavy atom. The maximum Gasteiger partial charge on any atom is 0.390 e. The first-order valence-electron chi connectivity index (χ1n) is 5.56. The molecule has 8 nitrogen and oxygen atoms in total. The summed E-state index contributed by atoms with van der Waals surface area (Å²) in [5.41, 5.74) is 0.538. The molecule has 1 amide bonds. The van der Waals surface area contributed by atoms with Crippen LogP contribution in [0.5, 0.6) is 0 Å². The molecule has 0 fully saturated rings. The molecular formula is C11H10BrN5O3. The fourth-order valence-corrected chi connectivity index (χ4v) is 1.74. The molecule has 2 heterocycles. The average Bonchev–Trinajstić information content (AvgIpc) is 2.74. The summed E-state index contributed by atoms with van der Waals surface area (Å²) < 4.78 is 2.07. The van der Waals surface area contributed by atoms with Crippen molar-refractivity contribution in [2.45, 2.75) is 13.5 Å². The van der Waals surface area contributed by atoms with Crippen LogP contribution in [0.2, 0.25) is 0 Å². The summed E-state index contributed by atoms with van der Waals surface area (Å²) >= 11 is 3.24. The molecule has 0 bridgehead atoms. The molecule has 2 rings (SSSR count). The maximum absolute atomic E-state index is 11.8. The van der Waals surface area contributed by atoms with Gasteiger partial charge in [-0.2, -0.15) is 4.68 Å². The van der Waals surface area contributed by atoms with Crippen LogP contribution in [-0.4, -0.2) is 25.6 Å². The van der Waals surface area contributed by atoms with Crippen LogP contribution in [0.3, 0.4) is 0 Å². The van der Waals surface area contributed by atoms with E-state index in [9.17, 15) is 14.9 Å². The van der Waals surface area contributed by atoms with Gasteiger partial charge in [-0.3, -0.25) is 4.79 Å². The van der Waals surface area contributed by atoms with Gasteiger partial charge in [-0.1, -0.05) is 0 Å². The molecule has 0 saturated carbocycles. The van der Waals surface area contributed by atoms with Gasteiger partial charge in [0.05, 0.1) is 16.9 Å². The number of anilines is 1. The molecule has 0 unspecified atom stereocenters. The van der Waals surface area contributed by atoms with Crippen LogP contribution < -0.4 is 5.32 Å². The van der Waals surface area contributed by atoms with Crippen molar-refractivity contribution in [2.24, 2.45) is 0 Å². The lowest BCUT2D eigenvalue weighted by Gasteiger charge is -2.03. The van der Waals surface area contributed by atoms with Gasteiger partial charge in [-0.15, -0.1) is 0 Å². The lowest BCUT2D eigenvalue weighted by Crippen LogP contribution is -2.20. The molecule has 2 aromatic rings. The number of pyridine rings is 1. The van der Waals surface area contributed by atoms with Crippen molar-refractivity contribution in [3.05, 3.63) is 44.7 Å². The Balaban J connectivity index is 2.04. The first-order chi connectivity index (χ1) is 9.45. The molecule has 20 heavy (non-hydrogen) atoms. The van der Waals surface area contributed by atoms with E-state index in [1.54, 1.807) is 25.3 Å². The van der Waals surface area contributed by atoms with Crippen LogP contribution >= 0.6 is 15.9 Å². The summed E-state index contributed by atoms with van der Waals surface area (Å²) in [5, 5.41) is 16.9. The zero-order valence-electron chi connectivity index (χ0n) is 10.4. The molecule has 2 aromatic heterocycles. The van der Waals surface area contributed by atoms with Gasteiger partial charge in [0.15, 0.2) is 0 Å². The lowest BCUT2D eigenvalue weighted by atomic mass is 10.4. The molecule has 1 N–H and O–H groups in total. The Morgan fingerprint density at radius 2 is 2.30 bits per heavy atom. The smallest absolute Gasteiger partial charge is 0.358 e. The van der Waals surface area contributed by atoms with Crippen molar-refractivity contribution < 1.29 is 9.72 Å². The number of halogens is 1. The highest BCUT2D eigenvalue weighted by Crippen LogP contribution is 2.12. The molecule has 0 atom stereocenters. The normalized spacial score (nSPS) is 10.3. The van der Waals surface area contributed by atoms with Crippen LogP contribution in [0, 0.1) is 17.0 Å². The SMILES string of the molecule is Cc1cc([N+](=O)[O-])nn1CC(=O)Nc1ccc(Br)cn1. The van der Waals surface area contributed by atoms with Crippen molar-refractivity contribution in [1.82, 2.24) is 14.8 Å². The van der Waals surface area contributed by atoms with E-state index >= 15 is 0 Å². The van der Waals surface area contributed by atoms with Gasteiger partial charge in [0.2, 0.25) is 5.91 Å². The van der Waals surface area contributed by atoms with Crippen LogP contribution in [0.4, 0.5) is 11.6 Å². The van der Waals surface area contributed by atoms with Crippen LogP contribution in [0.1, 0.15) is 5.69 Å². The van der Waals surface area contributed by atoms with Crippen molar-refractivity contribution >= 4 is 33.5 Å². The number of aromatic nitrogens is 3. The third-order valence-corrected chi connectivity index (χ3v) is 2.91. The predicted octanol–water partition coefficient (Wildman–Crippen LogP) is 1.90. The highest BCUT2D eigenvalue weighted by Gasteiger charge is 2.17. The van der Waals surface area contributed by atoms with E-state index in [0.717, 1.165) is 4.47 Å². The molecule has 0 aliphatic carbocycles. The Hall–Kier alpha value is -2.29. The molecular weight excluding hydrogens is 330 g/mol. The Labute approximate surface area is 122 Å². The number of nitrogens with zero attached hydrogens (tertiary/aromatic N) is 4. The number of rotatable bonds is 4. The number of nitrogens with one attached hydrogen (secondary N) is 1. The largest absolute Gasteiger partial charge is 0.390 e. The number of nitro groups is 1. The molecule has 104 valence electrons. The Morgan fingerprint density at radius 1 is 1.55 bits per heavy atom. The number of hydrogen-bond donors (Lipinski definition) is 1. The fraction of sp³-hybridized carbons (Fsp3) is 0.182. The zero-order chi connectivity index (χ0) is 14.7. The van der Waals surface area contributed by atoms with E-state index in [-0.39, 0.29) is 18.3 Å². The van der Waals surface area contributed by atoms with Gasteiger partial charge in [0, 0.05) is 10.7 Å². The number of carbonyl (C=O) groups excluding carboxylic acids is 1. The fourth-order valence-electron chi connectivity index (χ4n) is 1.51. The predicted molar refractivity (Wildman–Crippen MR) is 74.2 cm³/mol. The second-order valence-corrected chi connectivity index (χ2v) is 4.88. The number of amides is 1. The van der Waals surface area contributed by atoms with Gasteiger partial charge < -0.3 is 15.4 Å². The van der Waals surface area contributed by atoms with E-state index in [1.807, 2.05) is 0 Å². The summed E-state index contributed by atoms with van der Waals surface area (Å²) in [6.07, 6.45) is 1.56. The van der Waals surface area contributed by atoms with Crippen molar-refractivity contribution in [3.8, 4) is 0 Å². The molecule has 0 spiro atoms. The third-order valence-electron chi connectivity index (χ3n) is 2.44. The topological polar surface area (TPSA) is 103 Å². The lowest BCUT2D eigenvalue weighted by molar-refractivity contribution is -0.389. The van der Waals surface area contributed by atoms with Crippen molar-refractivity contribution in [1.29, 1.82) is 0 Å². The number of hydrogen-bond acceptors (Lipinski definition) is 5. The Bertz CT molecular complexity index is 653. The van der Waals surface area contributed by atoms with Crippen molar-refractivity contribution in [3.63, 3.8) is 0 Å². The minimum absolute atomic E-state index is 0.114. The third kappa shape index (κ3) is 3.38. The summed E-state index contributed by atoms with van der Waals surface area (Å²) in [6.45, 7) is 1.53. The van der Waals surface area contributed by atoms with Crippen LogP contribution in [-0.2, 0) is 11.3 Å². The molecule has 9 heteroatoms. The summed E-state index contributed by atoms with van der Waals surface area (Å²) in [7, 11) is 0. The van der Waals surface area contributed by atoms with E-state index in [1.165, 1.54) is 10.7 Å². The zero-order valence-corrected chi connectivity index (χ0v) is 12.0. The van der Waals surface area contributed by atoms with Gasteiger partial charge in [-0.05, 0) is 39.9 Å². The average molecular weight is 340 g/mol. The second kappa shape index (κ2) is 5.78. The standard InChI is InChI=1S/C11H10BrN5O3/c1-7-4-10(17(19)20)15-16(7)6-11(18)14-9-3-2-8(12)5-13-9/h2-5H,6H2,1H3,(H,13,14,18). The minimum atomic E-state index is -0.600. The van der Waals surface area contributed by atoms with E-state index in [4.69, 9.17) is 0 Å². The van der Waals surface area contributed by atoms with Gasteiger partial charge in [0.1, 0.15) is 12.4 Å². The summed E-state index contributed by atoms with van der Waals surface area (Å²) in [5.74, 6) is -0.240. The van der Waals surface area contributed by atoms with Crippen molar-refractivity contribution in [2.75, 3.05) is 5.32 Å². The molecule has 0 radical (unpaired) electrons. The minimum Gasteiger partial charge on any atom is -0.358 e. The Kier molecular flexibility index (Phi) is 4.08. The quantitative estimate of drug-likeness (QED) is 0.676. The van der Waals surface area contributed by atoms with Gasteiger partial charge in [-0.25, -0.2) is 4.98 Å². The van der Waals surface area contributed by atoms with E-state index < -0.39 is 4.92 Å². The monoisotopic (exact) mass is 339 g/mol. The first-order valence-corrected chi connectivity index (χ1v) is 6.35. The molecule has 0 aliphatic heterocycles. The van der Waals surface area contributed by atoms with E-state index in [2.05, 4.69) is 31.3 Å².